The molecule has 0 atom stereocenters. The van der Waals surface area contributed by atoms with Gasteiger partial charge in [-0.3, -0.25) is 0 Å². The van der Waals surface area contributed by atoms with E-state index in [1.165, 1.54) is 19.3 Å². The SMILES string of the molecule is CC.CCC1(C)CCN(c2c(N)cccc2Cl)CC1. The normalized spacial score (nSPS) is 17.6. The average molecular weight is 283 g/mol. The zero-order valence-corrected chi connectivity index (χ0v) is 13.4. The molecule has 0 aliphatic carbocycles. The Morgan fingerprint density at radius 1 is 1.26 bits per heavy atom. The van der Waals surface area contributed by atoms with Gasteiger partial charge < -0.3 is 10.6 Å². The van der Waals surface area contributed by atoms with Crippen LogP contribution in [0.15, 0.2) is 18.2 Å². The van der Waals surface area contributed by atoms with E-state index in [0.29, 0.717) is 5.41 Å². The number of nitrogens with zero attached hydrogens (tertiary/aromatic N) is 1. The van der Waals surface area contributed by atoms with Gasteiger partial charge in [0, 0.05) is 13.1 Å². The number of halogens is 1. The van der Waals surface area contributed by atoms with E-state index in [-0.39, 0.29) is 0 Å². The van der Waals surface area contributed by atoms with Crippen LogP contribution in [0.1, 0.15) is 47.0 Å². The number of nitrogen functional groups attached to an aromatic ring is 1. The number of nitrogens with two attached hydrogens (primary N) is 1. The summed E-state index contributed by atoms with van der Waals surface area (Å²) < 4.78 is 0. The van der Waals surface area contributed by atoms with Crippen molar-refractivity contribution in [1.82, 2.24) is 0 Å². The molecule has 0 spiro atoms. The molecule has 0 aromatic heterocycles. The maximum atomic E-state index is 6.25. The van der Waals surface area contributed by atoms with Gasteiger partial charge in [-0.2, -0.15) is 0 Å². The zero-order valence-electron chi connectivity index (χ0n) is 12.7. The summed E-state index contributed by atoms with van der Waals surface area (Å²) in [5.74, 6) is 0. The molecular formula is C16H27ClN2. The molecule has 1 saturated heterocycles. The molecule has 108 valence electrons. The molecule has 19 heavy (non-hydrogen) atoms. The molecule has 2 N–H and O–H groups in total. The molecule has 0 saturated carbocycles. The van der Waals surface area contributed by atoms with E-state index in [9.17, 15) is 0 Å². The molecule has 2 rings (SSSR count). The van der Waals surface area contributed by atoms with Crippen LogP contribution in [0.3, 0.4) is 0 Å². The summed E-state index contributed by atoms with van der Waals surface area (Å²) in [6.07, 6.45) is 3.68. The number of rotatable bonds is 2. The van der Waals surface area contributed by atoms with E-state index >= 15 is 0 Å². The molecule has 1 heterocycles. The third-order valence-electron chi connectivity index (χ3n) is 4.16. The van der Waals surface area contributed by atoms with Crippen LogP contribution in [0.5, 0.6) is 0 Å². The standard InChI is InChI=1S/C14H21ClN2.C2H6/c1-3-14(2)7-9-17(10-8-14)13-11(15)5-4-6-12(13)16;1-2/h4-6H,3,7-10,16H2,1-2H3;1-2H3. The van der Waals surface area contributed by atoms with Crippen LogP contribution >= 0.6 is 11.6 Å². The van der Waals surface area contributed by atoms with E-state index in [1.807, 2.05) is 32.0 Å². The minimum Gasteiger partial charge on any atom is -0.397 e. The molecule has 0 unspecified atom stereocenters. The van der Waals surface area contributed by atoms with Crippen molar-refractivity contribution in [3.05, 3.63) is 23.2 Å². The lowest BCUT2D eigenvalue weighted by molar-refractivity contribution is 0.238. The van der Waals surface area contributed by atoms with Crippen molar-refractivity contribution < 1.29 is 0 Å². The van der Waals surface area contributed by atoms with Crippen LogP contribution in [0.25, 0.3) is 0 Å². The lowest BCUT2D eigenvalue weighted by Crippen LogP contribution is -2.38. The molecule has 1 aliphatic heterocycles. The molecule has 1 aromatic carbocycles. The lowest BCUT2D eigenvalue weighted by atomic mass is 9.78. The number of benzene rings is 1. The highest BCUT2D eigenvalue weighted by Gasteiger charge is 2.29. The Kier molecular flexibility index (Phi) is 5.99. The number of piperidine rings is 1. The van der Waals surface area contributed by atoms with Crippen molar-refractivity contribution >= 4 is 23.0 Å². The van der Waals surface area contributed by atoms with Gasteiger partial charge in [0.05, 0.1) is 16.4 Å². The fourth-order valence-corrected chi connectivity index (χ4v) is 2.79. The van der Waals surface area contributed by atoms with Crippen LogP contribution in [-0.4, -0.2) is 13.1 Å². The van der Waals surface area contributed by atoms with Gasteiger partial charge in [-0.05, 0) is 30.4 Å². The third-order valence-corrected chi connectivity index (χ3v) is 4.46. The molecule has 3 heteroatoms. The monoisotopic (exact) mass is 282 g/mol. The van der Waals surface area contributed by atoms with Crippen LogP contribution in [0.2, 0.25) is 5.02 Å². The van der Waals surface area contributed by atoms with Gasteiger partial charge in [-0.15, -0.1) is 0 Å². The fraction of sp³-hybridized carbons (Fsp3) is 0.625. The Hall–Kier alpha value is -0.890. The summed E-state index contributed by atoms with van der Waals surface area (Å²) in [6.45, 7) is 10.8. The minimum absolute atomic E-state index is 0.493. The predicted octanol–water partition coefficient (Wildman–Crippen LogP) is 4.96. The van der Waals surface area contributed by atoms with Gasteiger partial charge in [0.15, 0.2) is 0 Å². The predicted molar refractivity (Wildman–Crippen MR) is 87.1 cm³/mol. The van der Waals surface area contributed by atoms with Crippen molar-refractivity contribution in [1.29, 1.82) is 0 Å². The zero-order chi connectivity index (χ0) is 14.5. The van der Waals surface area contributed by atoms with Crippen molar-refractivity contribution in [3.8, 4) is 0 Å². The van der Waals surface area contributed by atoms with Crippen LogP contribution in [0, 0.1) is 5.41 Å². The minimum atomic E-state index is 0.493. The van der Waals surface area contributed by atoms with Gasteiger partial charge in [0.1, 0.15) is 0 Å². The number of anilines is 2. The molecule has 0 bridgehead atoms. The smallest absolute Gasteiger partial charge is 0.0789 e. The van der Waals surface area contributed by atoms with E-state index < -0.39 is 0 Å². The molecule has 1 fully saturated rings. The lowest BCUT2D eigenvalue weighted by Gasteiger charge is -2.40. The molecule has 1 aromatic rings. The highest BCUT2D eigenvalue weighted by Crippen LogP contribution is 2.39. The third kappa shape index (κ3) is 3.79. The molecular weight excluding hydrogens is 256 g/mol. The van der Waals surface area contributed by atoms with Crippen molar-refractivity contribution in [3.63, 3.8) is 0 Å². The summed E-state index contributed by atoms with van der Waals surface area (Å²) in [6, 6.07) is 5.75. The first-order valence-electron chi connectivity index (χ1n) is 7.35. The van der Waals surface area contributed by atoms with Crippen LogP contribution in [0.4, 0.5) is 11.4 Å². The maximum Gasteiger partial charge on any atom is 0.0789 e. The van der Waals surface area contributed by atoms with Crippen molar-refractivity contribution in [2.75, 3.05) is 23.7 Å². The summed E-state index contributed by atoms with van der Waals surface area (Å²) in [5.41, 5.74) is 8.33. The summed E-state index contributed by atoms with van der Waals surface area (Å²) in [7, 11) is 0. The Bertz CT molecular complexity index is 375. The number of para-hydroxylation sites is 1. The van der Waals surface area contributed by atoms with Crippen LogP contribution in [-0.2, 0) is 0 Å². The molecule has 0 radical (unpaired) electrons. The highest BCUT2D eigenvalue weighted by molar-refractivity contribution is 6.34. The Morgan fingerprint density at radius 2 is 1.84 bits per heavy atom. The molecule has 2 nitrogen and oxygen atoms in total. The van der Waals surface area contributed by atoms with E-state index in [1.54, 1.807) is 0 Å². The molecule has 0 amide bonds. The number of hydrogen-bond acceptors (Lipinski definition) is 2. The summed E-state index contributed by atoms with van der Waals surface area (Å²) in [4.78, 5) is 2.33. The highest BCUT2D eigenvalue weighted by atomic mass is 35.5. The topological polar surface area (TPSA) is 29.3 Å². The second-order valence-corrected chi connectivity index (χ2v) is 5.74. The average Bonchev–Trinajstić information content (AvgIpc) is 2.43. The van der Waals surface area contributed by atoms with E-state index in [0.717, 1.165) is 29.5 Å². The van der Waals surface area contributed by atoms with E-state index in [2.05, 4.69) is 18.7 Å². The van der Waals surface area contributed by atoms with Crippen molar-refractivity contribution in [2.24, 2.45) is 5.41 Å². The second kappa shape index (κ2) is 7.04. The summed E-state index contributed by atoms with van der Waals surface area (Å²) in [5, 5.41) is 0.769. The van der Waals surface area contributed by atoms with Gasteiger partial charge in [-0.25, -0.2) is 0 Å². The second-order valence-electron chi connectivity index (χ2n) is 5.33. The Morgan fingerprint density at radius 3 is 2.32 bits per heavy atom. The van der Waals surface area contributed by atoms with Gasteiger partial charge >= 0.3 is 0 Å². The first-order valence-corrected chi connectivity index (χ1v) is 7.72. The van der Waals surface area contributed by atoms with E-state index in [4.69, 9.17) is 17.3 Å². The number of hydrogen-bond donors (Lipinski definition) is 1. The largest absolute Gasteiger partial charge is 0.397 e. The maximum absolute atomic E-state index is 6.25. The fourth-order valence-electron chi connectivity index (χ4n) is 2.49. The van der Waals surface area contributed by atoms with Crippen LogP contribution < -0.4 is 10.6 Å². The first kappa shape index (κ1) is 16.2. The van der Waals surface area contributed by atoms with Gasteiger partial charge in [0.2, 0.25) is 0 Å². The molecule has 1 aliphatic rings. The Labute approximate surface area is 122 Å². The van der Waals surface area contributed by atoms with Gasteiger partial charge in [-0.1, -0.05) is 51.8 Å². The Balaban J connectivity index is 0.000000861. The first-order chi connectivity index (χ1) is 9.06. The summed E-state index contributed by atoms with van der Waals surface area (Å²) >= 11 is 6.25. The van der Waals surface area contributed by atoms with Gasteiger partial charge in [0.25, 0.3) is 0 Å². The van der Waals surface area contributed by atoms with Crippen molar-refractivity contribution in [2.45, 2.75) is 47.0 Å². The quantitative estimate of drug-likeness (QED) is 0.777.